The Labute approximate surface area is 96.5 Å². The normalized spacial score (nSPS) is 11.9. The predicted octanol–water partition coefficient (Wildman–Crippen LogP) is 1.81. The fourth-order valence-corrected chi connectivity index (χ4v) is 1.68. The molecule has 1 rings (SSSR count). The second-order valence-corrected chi connectivity index (χ2v) is 3.58. The maximum atomic E-state index is 8.80. The molecule has 0 N–H and O–H groups in total. The van der Waals surface area contributed by atoms with Crippen molar-refractivity contribution in [2.45, 2.75) is 19.9 Å². The number of pyridine rings is 1. The van der Waals surface area contributed by atoms with Crippen molar-refractivity contribution in [3.8, 4) is 6.07 Å². The monoisotopic (exact) mass is 219 g/mol. The minimum absolute atomic E-state index is 0.247. The van der Waals surface area contributed by atoms with Crippen LogP contribution in [0.4, 0.5) is 5.82 Å². The number of rotatable bonds is 5. The third-order valence-electron chi connectivity index (χ3n) is 2.42. The van der Waals surface area contributed by atoms with Crippen molar-refractivity contribution < 1.29 is 4.74 Å². The van der Waals surface area contributed by atoms with Crippen molar-refractivity contribution in [3.63, 3.8) is 0 Å². The van der Waals surface area contributed by atoms with Crippen LogP contribution in [0.2, 0.25) is 0 Å². The van der Waals surface area contributed by atoms with Crippen LogP contribution in [-0.4, -0.2) is 31.3 Å². The Morgan fingerprint density at radius 2 is 2.31 bits per heavy atom. The highest BCUT2D eigenvalue weighted by Gasteiger charge is 2.13. The highest BCUT2D eigenvalue weighted by molar-refractivity contribution is 5.42. The quantitative estimate of drug-likeness (QED) is 0.758. The second-order valence-electron chi connectivity index (χ2n) is 3.58. The molecule has 0 saturated heterocycles. The third-order valence-corrected chi connectivity index (χ3v) is 2.42. The summed E-state index contributed by atoms with van der Waals surface area (Å²) < 4.78 is 5.13. The van der Waals surface area contributed by atoms with Gasteiger partial charge in [-0.15, -0.1) is 0 Å². The lowest BCUT2D eigenvalue weighted by molar-refractivity contribution is 0.181. The summed E-state index contributed by atoms with van der Waals surface area (Å²) in [6.45, 7) is 5.62. The molecule has 1 aromatic rings. The molecule has 0 fully saturated rings. The number of hydrogen-bond acceptors (Lipinski definition) is 4. The number of aromatic nitrogens is 1. The first kappa shape index (κ1) is 12.5. The molecule has 1 heterocycles. The van der Waals surface area contributed by atoms with E-state index < -0.39 is 0 Å². The summed E-state index contributed by atoms with van der Waals surface area (Å²) in [7, 11) is 1.68. The van der Waals surface area contributed by atoms with Crippen molar-refractivity contribution in [2.24, 2.45) is 0 Å². The van der Waals surface area contributed by atoms with Gasteiger partial charge in [0.2, 0.25) is 0 Å². The molecule has 16 heavy (non-hydrogen) atoms. The van der Waals surface area contributed by atoms with Crippen molar-refractivity contribution in [3.05, 3.63) is 23.9 Å². The molecule has 0 aliphatic carbocycles. The molecule has 0 aliphatic heterocycles. The molecule has 0 amide bonds. The Morgan fingerprint density at radius 1 is 1.56 bits per heavy atom. The number of nitrogens with zero attached hydrogens (tertiary/aromatic N) is 3. The van der Waals surface area contributed by atoms with E-state index in [4.69, 9.17) is 10.00 Å². The lowest BCUT2D eigenvalue weighted by atomic mass is 10.2. The standard InChI is InChI=1S/C12H17N3O/c1-4-15(10(2)9-16-3)12-7-5-6-11(8-13)14-12/h5-7,10H,4,9H2,1-3H3. The molecule has 86 valence electrons. The van der Waals surface area contributed by atoms with Crippen LogP contribution < -0.4 is 4.90 Å². The smallest absolute Gasteiger partial charge is 0.142 e. The average molecular weight is 219 g/mol. The zero-order valence-electron chi connectivity index (χ0n) is 9.97. The SMILES string of the molecule is CCN(c1cccc(C#N)n1)C(C)COC. The van der Waals surface area contributed by atoms with Crippen LogP contribution in [0.25, 0.3) is 0 Å². The van der Waals surface area contributed by atoms with Crippen molar-refractivity contribution in [1.82, 2.24) is 4.98 Å². The summed E-state index contributed by atoms with van der Waals surface area (Å²) in [5, 5.41) is 8.80. The summed E-state index contributed by atoms with van der Waals surface area (Å²) in [6.07, 6.45) is 0. The Kier molecular flexibility index (Phi) is 4.74. The van der Waals surface area contributed by atoms with Crippen LogP contribution in [-0.2, 0) is 4.74 Å². The number of nitriles is 1. The van der Waals surface area contributed by atoms with Crippen LogP contribution in [0.15, 0.2) is 18.2 Å². The molecular weight excluding hydrogens is 202 g/mol. The summed E-state index contributed by atoms with van der Waals surface area (Å²) in [5.41, 5.74) is 0.445. The van der Waals surface area contributed by atoms with E-state index >= 15 is 0 Å². The van der Waals surface area contributed by atoms with E-state index in [1.807, 2.05) is 18.2 Å². The Balaban J connectivity index is 2.90. The van der Waals surface area contributed by atoms with Gasteiger partial charge in [0.05, 0.1) is 12.6 Å². The number of anilines is 1. The predicted molar refractivity (Wildman–Crippen MR) is 63.3 cm³/mol. The van der Waals surface area contributed by atoms with E-state index in [0.29, 0.717) is 12.3 Å². The third kappa shape index (κ3) is 2.94. The van der Waals surface area contributed by atoms with Crippen LogP contribution in [0.3, 0.4) is 0 Å². The average Bonchev–Trinajstić information content (AvgIpc) is 2.31. The number of hydrogen-bond donors (Lipinski definition) is 0. The molecule has 1 unspecified atom stereocenters. The number of methoxy groups -OCH3 is 1. The van der Waals surface area contributed by atoms with Crippen LogP contribution in [0.1, 0.15) is 19.5 Å². The molecular formula is C12H17N3O. The van der Waals surface area contributed by atoms with Crippen LogP contribution in [0.5, 0.6) is 0 Å². The van der Waals surface area contributed by atoms with E-state index in [1.165, 1.54) is 0 Å². The highest BCUT2D eigenvalue weighted by atomic mass is 16.5. The molecule has 0 aromatic carbocycles. The van der Waals surface area contributed by atoms with Gasteiger partial charge in [-0.1, -0.05) is 6.07 Å². The number of likely N-dealkylation sites (N-methyl/N-ethyl adjacent to an activating group) is 1. The minimum atomic E-state index is 0.247. The molecule has 4 nitrogen and oxygen atoms in total. The molecule has 0 radical (unpaired) electrons. The van der Waals surface area contributed by atoms with Gasteiger partial charge in [-0.05, 0) is 26.0 Å². The van der Waals surface area contributed by atoms with E-state index in [1.54, 1.807) is 13.2 Å². The first-order chi connectivity index (χ1) is 7.72. The molecule has 1 atom stereocenters. The maximum Gasteiger partial charge on any atom is 0.142 e. The van der Waals surface area contributed by atoms with Gasteiger partial charge in [0.1, 0.15) is 17.6 Å². The molecule has 0 aliphatic rings. The van der Waals surface area contributed by atoms with Gasteiger partial charge >= 0.3 is 0 Å². The zero-order valence-corrected chi connectivity index (χ0v) is 9.97. The van der Waals surface area contributed by atoms with Gasteiger partial charge in [-0.2, -0.15) is 5.26 Å². The first-order valence-corrected chi connectivity index (χ1v) is 5.35. The molecule has 0 bridgehead atoms. The maximum absolute atomic E-state index is 8.80. The van der Waals surface area contributed by atoms with Crippen molar-refractivity contribution in [1.29, 1.82) is 5.26 Å². The Bertz CT molecular complexity index is 373. The van der Waals surface area contributed by atoms with Gasteiger partial charge in [-0.25, -0.2) is 4.98 Å². The summed E-state index contributed by atoms with van der Waals surface area (Å²) in [5.74, 6) is 0.825. The first-order valence-electron chi connectivity index (χ1n) is 5.35. The summed E-state index contributed by atoms with van der Waals surface area (Å²) in [6, 6.07) is 7.77. The fraction of sp³-hybridized carbons (Fsp3) is 0.500. The van der Waals surface area contributed by atoms with Crippen molar-refractivity contribution in [2.75, 3.05) is 25.2 Å². The van der Waals surface area contributed by atoms with Crippen LogP contribution in [0, 0.1) is 11.3 Å². The summed E-state index contributed by atoms with van der Waals surface area (Å²) in [4.78, 5) is 6.39. The Morgan fingerprint density at radius 3 is 2.88 bits per heavy atom. The van der Waals surface area contributed by atoms with Gasteiger partial charge in [0.15, 0.2) is 0 Å². The fourth-order valence-electron chi connectivity index (χ4n) is 1.68. The van der Waals surface area contributed by atoms with Crippen LogP contribution >= 0.6 is 0 Å². The number of ether oxygens (including phenoxy) is 1. The molecule has 0 spiro atoms. The zero-order chi connectivity index (χ0) is 12.0. The van der Waals surface area contributed by atoms with Gasteiger partial charge < -0.3 is 9.64 Å². The van der Waals surface area contributed by atoms with E-state index in [2.05, 4.69) is 23.7 Å². The lowest BCUT2D eigenvalue weighted by Crippen LogP contribution is -2.36. The molecule has 1 aromatic heterocycles. The molecule has 4 heteroatoms. The highest BCUT2D eigenvalue weighted by Crippen LogP contribution is 2.14. The van der Waals surface area contributed by atoms with Gasteiger partial charge in [0.25, 0.3) is 0 Å². The van der Waals surface area contributed by atoms with Gasteiger partial charge in [0, 0.05) is 13.7 Å². The minimum Gasteiger partial charge on any atom is -0.383 e. The van der Waals surface area contributed by atoms with Gasteiger partial charge in [-0.3, -0.25) is 0 Å². The van der Waals surface area contributed by atoms with E-state index in [-0.39, 0.29) is 6.04 Å². The van der Waals surface area contributed by atoms with E-state index in [9.17, 15) is 0 Å². The topological polar surface area (TPSA) is 49.2 Å². The summed E-state index contributed by atoms with van der Waals surface area (Å²) >= 11 is 0. The Hall–Kier alpha value is -1.60. The van der Waals surface area contributed by atoms with Crippen molar-refractivity contribution >= 4 is 5.82 Å². The largest absolute Gasteiger partial charge is 0.383 e. The van der Waals surface area contributed by atoms with E-state index in [0.717, 1.165) is 12.4 Å². The lowest BCUT2D eigenvalue weighted by Gasteiger charge is -2.28. The molecule has 0 saturated carbocycles. The second kappa shape index (κ2) is 6.09.